The lowest BCUT2D eigenvalue weighted by molar-refractivity contribution is -0.384. The van der Waals surface area contributed by atoms with E-state index in [1.165, 1.54) is 12.1 Å². The standard InChI is InChI=1S/C18H22N4O4/c1-13-3-2-4-14(9-13)11-21-18(24)12-20-17-10-15(22(25)26)5-6-16(17)19-7-8-23/h2-6,9-10,19-20,23H,7-8,11-12H2,1H3,(H,21,24). The third kappa shape index (κ3) is 5.75. The molecular weight excluding hydrogens is 336 g/mol. The minimum absolute atomic E-state index is 0.0270. The molecule has 0 atom stereocenters. The number of aliphatic hydroxyl groups is 1. The number of hydrogen-bond donors (Lipinski definition) is 4. The van der Waals surface area contributed by atoms with Gasteiger partial charge in [0.05, 0.1) is 29.4 Å². The van der Waals surface area contributed by atoms with Crippen LogP contribution in [0.1, 0.15) is 11.1 Å². The number of aryl methyl sites for hydroxylation is 1. The summed E-state index contributed by atoms with van der Waals surface area (Å²) >= 11 is 0. The predicted octanol–water partition coefficient (Wildman–Crippen LogP) is 2.04. The number of hydrogen-bond acceptors (Lipinski definition) is 6. The van der Waals surface area contributed by atoms with Gasteiger partial charge in [-0.3, -0.25) is 14.9 Å². The van der Waals surface area contributed by atoms with Crippen LogP contribution in [-0.4, -0.2) is 35.6 Å². The maximum Gasteiger partial charge on any atom is 0.271 e. The van der Waals surface area contributed by atoms with Gasteiger partial charge < -0.3 is 21.1 Å². The fourth-order valence-corrected chi connectivity index (χ4v) is 2.40. The second-order valence-electron chi connectivity index (χ2n) is 5.76. The molecule has 4 N–H and O–H groups in total. The van der Waals surface area contributed by atoms with Crippen molar-refractivity contribution in [3.05, 3.63) is 63.7 Å². The number of non-ortho nitro benzene ring substituents is 1. The lowest BCUT2D eigenvalue weighted by Gasteiger charge is -2.13. The molecule has 8 heteroatoms. The van der Waals surface area contributed by atoms with E-state index in [2.05, 4.69) is 16.0 Å². The molecule has 2 rings (SSSR count). The summed E-state index contributed by atoms with van der Waals surface area (Å²) in [6.45, 7) is 2.59. The SMILES string of the molecule is Cc1cccc(CNC(=O)CNc2cc([N+](=O)[O-])ccc2NCCO)c1. The third-order valence-electron chi connectivity index (χ3n) is 3.65. The van der Waals surface area contributed by atoms with Crippen LogP contribution in [0.4, 0.5) is 17.1 Å². The average molecular weight is 358 g/mol. The molecule has 0 saturated heterocycles. The van der Waals surface area contributed by atoms with E-state index in [1.807, 2.05) is 31.2 Å². The minimum Gasteiger partial charge on any atom is -0.395 e. The van der Waals surface area contributed by atoms with Gasteiger partial charge >= 0.3 is 0 Å². The van der Waals surface area contributed by atoms with Crippen molar-refractivity contribution in [2.45, 2.75) is 13.5 Å². The molecule has 0 aliphatic rings. The van der Waals surface area contributed by atoms with Gasteiger partial charge in [-0.2, -0.15) is 0 Å². The molecule has 0 saturated carbocycles. The summed E-state index contributed by atoms with van der Waals surface area (Å²) in [6, 6.07) is 12.1. The van der Waals surface area contributed by atoms with E-state index < -0.39 is 4.92 Å². The number of aliphatic hydroxyl groups excluding tert-OH is 1. The maximum absolute atomic E-state index is 12.1. The molecule has 0 heterocycles. The lowest BCUT2D eigenvalue weighted by Crippen LogP contribution is -2.29. The number of nitrogens with one attached hydrogen (secondary N) is 3. The van der Waals surface area contributed by atoms with Crippen LogP contribution < -0.4 is 16.0 Å². The molecule has 0 spiro atoms. The van der Waals surface area contributed by atoms with Crippen molar-refractivity contribution in [3.8, 4) is 0 Å². The van der Waals surface area contributed by atoms with Gasteiger partial charge in [0.2, 0.25) is 5.91 Å². The summed E-state index contributed by atoms with van der Waals surface area (Å²) in [5.41, 5.74) is 3.04. The van der Waals surface area contributed by atoms with Gasteiger partial charge in [0.15, 0.2) is 0 Å². The number of carbonyl (C=O) groups is 1. The van der Waals surface area contributed by atoms with Crippen molar-refractivity contribution in [2.75, 3.05) is 30.3 Å². The number of nitro groups is 1. The third-order valence-corrected chi connectivity index (χ3v) is 3.65. The summed E-state index contributed by atoms with van der Waals surface area (Å²) < 4.78 is 0. The topological polar surface area (TPSA) is 117 Å². The van der Waals surface area contributed by atoms with Gasteiger partial charge in [-0.1, -0.05) is 29.8 Å². The highest BCUT2D eigenvalue weighted by Gasteiger charge is 2.11. The number of rotatable bonds is 9. The van der Waals surface area contributed by atoms with Crippen LogP contribution in [0, 0.1) is 17.0 Å². The highest BCUT2D eigenvalue weighted by molar-refractivity contribution is 5.83. The second kappa shape index (κ2) is 9.38. The van der Waals surface area contributed by atoms with Crippen molar-refractivity contribution < 1.29 is 14.8 Å². The zero-order valence-electron chi connectivity index (χ0n) is 14.5. The highest BCUT2D eigenvalue weighted by atomic mass is 16.6. The van der Waals surface area contributed by atoms with Crippen LogP contribution in [0.25, 0.3) is 0 Å². The Morgan fingerprint density at radius 2 is 1.96 bits per heavy atom. The Bertz CT molecular complexity index is 780. The first kappa shape index (κ1) is 19.2. The first-order valence-corrected chi connectivity index (χ1v) is 8.19. The van der Waals surface area contributed by atoms with E-state index in [-0.39, 0.29) is 24.7 Å². The number of nitro benzene ring substituents is 1. The molecular formula is C18H22N4O4. The van der Waals surface area contributed by atoms with E-state index in [4.69, 9.17) is 5.11 Å². The maximum atomic E-state index is 12.1. The number of anilines is 2. The molecule has 2 aromatic carbocycles. The van der Waals surface area contributed by atoms with Crippen LogP contribution in [0.5, 0.6) is 0 Å². The smallest absolute Gasteiger partial charge is 0.271 e. The first-order valence-electron chi connectivity index (χ1n) is 8.19. The van der Waals surface area contributed by atoms with Crippen molar-refractivity contribution in [1.82, 2.24) is 5.32 Å². The van der Waals surface area contributed by atoms with Crippen LogP contribution in [0.15, 0.2) is 42.5 Å². The summed E-state index contributed by atoms with van der Waals surface area (Å²) in [5, 5.41) is 28.5. The monoisotopic (exact) mass is 358 g/mol. The van der Waals surface area contributed by atoms with E-state index in [0.717, 1.165) is 11.1 Å². The number of nitrogens with zero attached hydrogens (tertiary/aromatic N) is 1. The summed E-state index contributed by atoms with van der Waals surface area (Å²) in [4.78, 5) is 22.5. The Balaban J connectivity index is 1.96. The molecule has 26 heavy (non-hydrogen) atoms. The van der Waals surface area contributed by atoms with Gasteiger partial charge in [0.1, 0.15) is 0 Å². The first-order chi connectivity index (χ1) is 12.5. The molecule has 0 fully saturated rings. The lowest BCUT2D eigenvalue weighted by atomic mass is 10.1. The van der Waals surface area contributed by atoms with Gasteiger partial charge in [0, 0.05) is 25.2 Å². The van der Waals surface area contributed by atoms with Crippen LogP contribution in [0.3, 0.4) is 0 Å². The minimum atomic E-state index is -0.501. The van der Waals surface area contributed by atoms with E-state index >= 15 is 0 Å². The van der Waals surface area contributed by atoms with Gasteiger partial charge in [-0.25, -0.2) is 0 Å². The zero-order chi connectivity index (χ0) is 18.9. The Labute approximate surface area is 151 Å². The molecule has 8 nitrogen and oxygen atoms in total. The van der Waals surface area contributed by atoms with Gasteiger partial charge in [0.25, 0.3) is 5.69 Å². The quantitative estimate of drug-likeness (QED) is 0.403. The Morgan fingerprint density at radius 3 is 2.65 bits per heavy atom. The number of benzene rings is 2. The molecule has 1 amide bonds. The van der Waals surface area contributed by atoms with Crippen molar-refractivity contribution in [1.29, 1.82) is 0 Å². The fourth-order valence-electron chi connectivity index (χ4n) is 2.40. The normalized spacial score (nSPS) is 10.2. The zero-order valence-corrected chi connectivity index (χ0v) is 14.5. The summed E-state index contributed by atoms with van der Waals surface area (Å²) in [7, 11) is 0. The highest BCUT2D eigenvalue weighted by Crippen LogP contribution is 2.26. The van der Waals surface area contributed by atoms with Gasteiger partial charge in [-0.15, -0.1) is 0 Å². The Hall–Kier alpha value is -3.13. The summed E-state index contributed by atoms with van der Waals surface area (Å²) in [5.74, 6) is -0.230. The molecule has 0 radical (unpaired) electrons. The van der Waals surface area contributed by atoms with Crippen molar-refractivity contribution in [3.63, 3.8) is 0 Å². The van der Waals surface area contributed by atoms with Crippen LogP contribution in [0.2, 0.25) is 0 Å². The van der Waals surface area contributed by atoms with E-state index in [9.17, 15) is 14.9 Å². The van der Waals surface area contributed by atoms with E-state index in [0.29, 0.717) is 24.5 Å². The number of carbonyl (C=O) groups excluding carboxylic acids is 1. The predicted molar refractivity (Wildman–Crippen MR) is 100 cm³/mol. The van der Waals surface area contributed by atoms with E-state index in [1.54, 1.807) is 6.07 Å². The Kier molecular flexibility index (Phi) is 6.92. The second-order valence-corrected chi connectivity index (χ2v) is 5.76. The van der Waals surface area contributed by atoms with Crippen molar-refractivity contribution >= 4 is 23.0 Å². The molecule has 0 bridgehead atoms. The molecule has 0 aliphatic heterocycles. The molecule has 2 aromatic rings. The summed E-state index contributed by atoms with van der Waals surface area (Å²) in [6.07, 6.45) is 0. The number of amides is 1. The van der Waals surface area contributed by atoms with Crippen LogP contribution in [-0.2, 0) is 11.3 Å². The van der Waals surface area contributed by atoms with Crippen molar-refractivity contribution in [2.24, 2.45) is 0 Å². The molecule has 0 unspecified atom stereocenters. The molecule has 0 aliphatic carbocycles. The Morgan fingerprint density at radius 1 is 1.15 bits per heavy atom. The van der Waals surface area contributed by atoms with Crippen LogP contribution >= 0.6 is 0 Å². The molecule has 0 aromatic heterocycles. The largest absolute Gasteiger partial charge is 0.395 e. The average Bonchev–Trinajstić information content (AvgIpc) is 2.63. The fraction of sp³-hybridized carbons (Fsp3) is 0.278. The molecule has 138 valence electrons. The van der Waals surface area contributed by atoms with Gasteiger partial charge in [-0.05, 0) is 18.6 Å².